The Kier molecular flexibility index (Phi) is 7.28. The maximum atomic E-state index is 13.4. The van der Waals surface area contributed by atoms with E-state index >= 15 is 0 Å². The first-order chi connectivity index (χ1) is 15.7. The van der Waals surface area contributed by atoms with E-state index in [4.69, 9.17) is 23.2 Å². The number of aliphatic hydroxyl groups is 1. The van der Waals surface area contributed by atoms with Crippen molar-refractivity contribution in [3.63, 3.8) is 0 Å². The van der Waals surface area contributed by atoms with Crippen LogP contribution in [0.4, 0.5) is 18.9 Å². The lowest BCUT2D eigenvalue weighted by molar-refractivity contribution is -0.141. The normalized spacial score (nSPS) is 13.1. The van der Waals surface area contributed by atoms with E-state index in [1.807, 2.05) is 20.8 Å². The van der Waals surface area contributed by atoms with Gasteiger partial charge in [-0.25, -0.2) is 9.67 Å². The Bertz CT molecular complexity index is 1220. The largest absolute Gasteiger partial charge is 0.435 e. The van der Waals surface area contributed by atoms with Gasteiger partial charge in [0.25, 0.3) is 5.91 Å². The quantitative estimate of drug-likeness (QED) is 0.388. The van der Waals surface area contributed by atoms with E-state index in [2.05, 4.69) is 20.7 Å². The molecular weight excluding hydrogens is 494 g/mol. The van der Waals surface area contributed by atoms with Gasteiger partial charge in [0.15, 0.2) is 11.5 Å². The monoisotopic (exact) mass is 515 g/mol. The summed E-state index contributed by atoms with van der Waals surface area (Å²) in [5.41, 5.74) is -1.32. The number of anilines is 1. The minimum absolute atomic E-state index is 0.00142. The lowest BCUT2D eigenvalue weighted by Gasteiger charge is -2.27. The van der Waals surface area contributed by atoms with Crippen LogP contribution in [0.1, 0.15) is 54.3 Å². The fourth-order valence-electron chi connectivity index (χ4n) is 3.20. The number of aromatic nitrogens is 3. The molecule has 0 saturated carbocycles. The number of aliphatic hydroxyl groups excluding tert-OH is 1. The van der Waals surface area contributed by atoms with Crippen LogP contribution in [0.3, 0.4) is 0 Å². The highest BCUT2D eigenvalue weighted by Crippen LogP contribution is 2.33. The molecule has 12 heteroatoms. The van der Waals surface area contributed by atoms with Gasteiger partial charge >= 0.3 is 6.18 Å². The molecular formula is C22H22Cl2F3N5O2. The van der Waals surface area contributed by atoms with E-state index in [0.717, 1.165) is 4.68 Å². The van der Waals surface area contributed by atoms with Crippen molar-refractivity contribution in [2.24, 2.45) is 0 Å². The van der Waals surface area contributed by atoms with Crippen LogP contribution in [0.15, 0.2) is 36.5 Å². The smallest absolute Gasteiger partial charge is 0.374 e. The second-order valence-electron chi connectivity index (χ2n) is 8.57. The van der Waals surface area contributed by atoms with Crippen LogP contribution in [0.25, 0.3) is 5.82 Å². The Morgan fingerprint density at radius 1 is 1.18 bits per heavy atom. The average Bonchev–Trinajstić information content (AvgIpc) is 3.14. The lowest BCUT2D eigenvalue weighted by Crippen LogP contribution is -2.39. The first-order valence-corrected chi connectivity index (χ1v) is 10.8. The van der Waals surface area contributed by atoms with Crippen LogP contribution in [-0.4, -0.2) is 31.3 Å². The zero-order chi connectivity index (χ0) is 25.4. The third kappa shape index (κ3) is 5.87. The summed E-state index contributed by atoms with van der Waals surface area (Å²) in [4.78, 5) is 17.2. The van der Waals surface area contributed by atoms with Gasteiger partial charge in [-0.1, -0.05) is 23.2 Å². The number of hydrogen-bond acceptors (Lipinski definition) is 5. The third-order valence-corrected chi connectivity index (χ3v) is 5.12. The number of nitrogens with zero attached hydrogens (tertiary/aromatic N) is 3. The van der Waals surface area contributed by atoms with Crippen LogP contribution in [-0.2, 0) is 6.18 Å². The third-order valence-electron chi connectivity index (χ3n) is 4.61. The molecule has 1 aromatic carbocycles. The molecule has 3 rings (SSSR count). The first-order valence-electron chi connectivity index (χ1n) is 10.0. The highest BCUT2D eigenvalue weighted by atomic mass is 35.5. The van der Waals surface area contributed by atoms with Crippen molar-refractivity contribution in [1.82, 2.24) is 20.1 Å². The van der Waals surface area contributed by atoms with Crippen LogP contribution < -0.4 is 10.6 Å². The second kappa shape index (κ2) is 9.53. The van der Waals surface area contributed by atoms with Crippen molar-refractivity contribution in [1.29, 1.82) is 0 Å². The van der Waals surface area contributed by atoms with Gasteiger partial charge in [-0.2, -0.15) is 18.3 Å². The minimum Gasteiger partial charge on any atom is -0.374 e. The number of rotatable bonds is 5. The summed E-state index contributed by atoms with van der Waals surface area (Å²) in [6.45, 7) is 7.14. The molecule has 3 aromatic rings. The SMILES string of the molecule is Cc1cc(Cl)cc(C(O)NC(C)(C)C)c1NC(=O)c1cc(C(F)(F)F)nn1-c1ncccc1Cl. The second-order valence-corrected chi connectivity index (χ2v) is 9.41. The molecule has 3 N–H and O–H groups in total. The van der Waals surface area contributed by atoms with E-state index < -0.39 is 35.2 Å². The lowest BCUT2D eigenvalue weighted by atomic mass is 10.0. The van der Waals surface area contributed by atoms with Gasteiger partial charge in [-0.3, -0.25) is 10.1 Å². The maximum Gasteiger partial charge on any atom is 0.435 e. The molecule has 34 heavy (non-hydrogen) atoms. The molecule has 0 fully saturated rings. The zero-order valence-corrected chi connectivity index (χ0v) is 20.1. The summed E-state index contributed by atoms with van der Waals surface area (Å²) in [6, 6.07) is 6.53. The number of alkyl halides is 3. The molecule has 0 bridgehead atoms. The van der Waals surface area contributed by atoms with Gasteiger partial charge in [-0.05, 0) is 57.5 Å². The van der Waals surface area contributed by atoms with Gasteiger partial charge in [0, 0.05) is 28.4 Å². The summed E-state index contributed by atoms with van der Waals surface area (Å²) >= 11 is 12.3. The van der Waals surface area contributed by atoms with Gasteiger partial charge in [0.05, 0.1) is 10.7 Å². The Morgan fingerprint density at radius 2 is 1.85 bits per heavy atom. The Labute approximate surface area is 203 Å². The molecule has 2 heterocycles. The standard InChI is InChI=1S/C22H22Cl2F3N5O2/c1-11-8-12(23)9-13(19(33)30-21(2,3)4)17(11)29-20(34)15-10-16(22(25,26)27)31-32(15)18-14(24)6-5-7-28-18/h5-10,19,30,33H,1-4H3,(H,29,34). The van der Waals surface area contributed by atoms with Crippen LogP contribution in [0, 0.1) is 6.92 Å². The molecule has 182 valence electrons. The number of aryl methyl sites for hydroxylation is 1. The summed E-state index contributed by atoms with van der Waals surface area (Å²) < 4.78 is 41.0. The van der Waals surface area contributed by atoms with E-state index in [9.17, 15) is 23.1 Å². The van der Waals surface area contributed by atoms with E-state index in [0.29, 0.717) is 16.7 Å². The van der Waals surface area contributed by atoms with E-state index in [1.54, 1.807) is 13.0 Å². The van der Waals surface area contributed by atoms with Crippen molar-refractivity contribution >= 4 is 34.8 Å². The van der Waals surface area contributed by atoms with Gasteiger partial charge in [0.2, 0.25) is 0 Å². The highest BCUT2D eigenvalue weighted by molar-refractivity contribution is 6.32. The molecule has 1 amide bonds. The van der Waals surface area contributed by atoms with Gasteiger partial charge < -0.3 is 10.4 Å². The van der Waals surface area contributed by atoms with Crippen molar-refractivity contribution in [3.05, 3.63) is 69.1 Å². The van der Waals surface area contributed by atoms with E-state index in [1.165, 1.54) is 24.4 Å². The number of hydrogen-bond donors (Lipinski definition) is 3. The van der Waals surface area contributed by atoms with Crippen molar-refractivity contribution < 1.29 is 23.1 Å². The summed E-state index contributed by atoms with van der Waals surface area (Å²) in [5, 5.41) is 20.1. The summed E-state index contributed by atoms with van der Waals surface area (Å²) in [5.74, 6) is -1.06. The maximum absolute atomic E-state index is 13.4. The number of halogens is 5. The number of nitrogens with one attached hydrogen (secondary N) is 2. The highest BCUT2D eigenvalue weighted by Gasteiger charge is 2.37. The molecule has 1 atom stereocenters. The minimum atomic E-state index is -4.81. The Hall–Kier alpha value is -2.66. The van der Waals surface area contributed by atoms with Crippen LogP contribution in [0.2, 0.25) is 10.0 Å². The average molecular weight is 516 g/mol. The summed E-state index contributed by atoms with van der Waals surface area (Å²) in [7, 11) is 0. The van der Waals surface area contributed by atoms with Crippen molar-refractivity contribution in [2.75, 3.05) is 5.32 Å². The number of carbonyl (C=O) groups is 1. The van der Waals surface area contributed by atoms with Crippen LogP contribution in [0.5, 0.6) is 0 Å². The summed E-state index contributed by atoms with van der Waals surface area (Å²) in [6.07, 6.45) is -4.72. The fraction of sp³-hybridized carbons (Fsp3) is 0.318. The predicted octanol–water partition coefficient (Wildman–Crippen LogP) is 5.53. The number of benzene rings is 1. The molecule has 0 radical (unpaired) electrons. The zero-order valence-electron chi connectivity index (χ0n) is 18.6. The van der Waals surface area contributed by atoms with Gasteiger partial charge in [0.1, 0.15) is 11.9 Å². The molecule has 1 unspecified atom stereocenters. The molecule has 7 nitrogen and oxygen atoms in total. The van der Waals surface area contributed by atoms with Crippen LogP contribution >= 0.6 is 23.2 Å². The topological polar surface area (TPSA) is 92.1 Å². The van der Waals surface area contributed by atoms with Crippen molar-refractivity contribution in [3.8, 4) is 5.82 Å². The Balaban J connectivity index is 2.09. The first kappa shape index (κ1) is 26.0. The number of pyridine rings is 1. The predicted molar refractivity (Wildman–Crippen MR) is 123 cm³/mol. The molecule has 0 aliphatic rings. The molecule has 0 spiro atoms. The number of carbonyl (C=O) groups excluding carboxylic acids is 1. The Morgan fingerprint density at radius 3 is 2.44 bits per heavy atom. The number of amides is 1. The van der Waals surface area contributed by atoms with E-state index in [-0.39, 0.29) is 22.1 Å². The molecule has 0 saturated heterocycles. The van der Waals surface area contributed by atoms with Gasteiger partial charge in [-0.15, -0.1) is 0 Å². The fourth-order valence-corrected chi connectivity index (χ4v) is 3.68. The van der Waals surface area contributed by atoms with Crippen molar-refractivity contribution in [2.45, 2.75) is 45.6 Å². The molecule has 2 aromatic heterocycles. The molecule has 0 aliphatic heterocycles. The molecule has 0 aliphatic carbocycles.